The van der Waals surface area contributed by atoms with E-state index in [2.05, 4.69) is 14.6 Å². The number of nitrogens with two attached hydrogens (primary N) is 1. The zero-order valence-corrected chi connectivity index (χ0v) is 29.7. The number of alkyl halides is 3. The molecule has 1 aliphatic rings. The van der Waals surface area contributed by atoms with E-state index in [0.29, 0.717) is 23.1 Å². The lowest BCUT2D eigenvalue weighted by Crippen LogP contribution is -2.46. The molecule has 3 aromatic carbocycles. The lowest BCUT2D eigenvalue weighted by atomic mass is 9.98. The highest BCUT2D eigenvalue weighted by Crippen LogP contribution is 2.42. The number of hydrogen-bond donors (Lipinski definition) is 1. The minimum absolute atomic E-state index is 0.0292. The molecule has 18 heteroatoms. The third-order valence-electron chi connectivity index (χ3n) is 8.83. The van der Waals surface area contributed by atoms with Crippen molar-refractivity contribution in [2.24, 2.45) is 5.84 Å². The van der Waals surface area contributed by atoms with Crippen LogP contribution in [0, 0.1) is 12.7 Å². The van der Waals surface area contributed by atoms with Gasteiger partial charge in [0.2, 0.25) is 0 Å². The summed E-state index contributed by atoms with van der Waals surface area (Å²) >= 11 is 0. The monoisotopic (exact) mass is 761 g/mol. The van der Waals surface area contributed by atoms with Crippen molar-refractivity contribution < 1.29 is 54.7 Å². The second-order valence-corrected chi connectivity index (χ2v) is 14.3. The first-order chi connectivity index (χ1) is 25.0. The van der Waals surface area contributed by atoms with E-state index in [1.807, 2.05) is 0 Å². The van der Waals surface area contributed by atoms with E-state index in [4.69, 9.17) is 10.6 Å². The maximum Gasteiger partial charge on any atom is 0.493 e. The Morgan fingerprint density at radius 1 is 1.04 bits per heavy atom. The number of hydrazine groups is 1. The zero-order valence-electron chi connectivity index (χ0n) is 28.9. The molecular formula is C35H35F4N5O8S. The third-order valence-corrected chi connectivity index (χ3v) is 10.6. The van der Waals surface area contributed by atoms with Crippen LogP contribution in [0.15, 0.2) is 71.9 Å². The molecule has 1 unspecified atom stereocenters. The highest BCUT2D eigenvalue weighted by molar-refractivity contribution is 7.91. The summed E-state index contributed by atoms with van der Waals surface area (Å²) in [6, 6.07) is 9.65. The molecule has 0 aliphatic carbocycles. The van der Waals surface area contributed by atoms with Crippen LogP contribution in [0.1, 0.15) is 48.5 Å². The number of ether oxygens (including phenoxy) is 2. The zero-order chi connectivity index (χ0) is 38.8. The number of halogens is 4. The molecule has 282 valence electrons. The summed E-state index contributed by atoms with van der Waals surface area (Å²) in [4.78, 5) is 48.6. The van der Waals surface area contributed by atoms with E-state index in [-0.39, 0.29) is 39.8 Å². The van der Waals surface area contributed by atoms with Crippen LogP contribution in [0.5, 0.6) is 5.75 Å². The summed E-state index contributed by atoms with van der Waals surface area (Å²) < 4.78 is 92.2. The van der Waals surface area contributed by atoms with Crippen LogP contribution in [0.2, 0.25) is 0 Å². The number of amides is 2. The quantitative estimate of drug-likeness (QED) is 0.124. The van der Waals surface area contributed by atoms with Crippen LogP contribution in [-0.4, -0.2) is 69.0 Å². The van der Waals surface area contributed by atoms with Gasteiger partial charge >= 0.3 is 18.2 Å². The number of anilines is 2. The number of hydrogen-bond acceptors (Lipinski definition) is 11. The molecule has 1 fully saturated rings. The number of methoxy groups -OCH3 is 2. The molecule has 1 saturated heterocycles. The minimum atomic E-state index is -5.51. The number of fused-ring (bicyclic) bond motifs is 1. The van der Waals surface area contributed by atoms with Gasteiger partial charge < -0.3 is 19.2 Å². The van der Waals surface area contributed by atoms with E-state index < -0.39 is 63.3 Å². The van der Waals surface area contributed by atoms with Gasteiger partial charge in [-0.1, -0.05) is 13.0 Å². The molecule has 13 nitrogen and oxygen atoms in total. The largest absolute Gasteiger partial charge is 0.496 e. The predicted molar refractivity (Wildman–Crippen MR) is 184 cm³/mol. The average Bonchev–Trinajstić information content (AvgIpc) is 3.63. The fourth-order valence-electron chi connectivity index (χ4n) is 6.17. The van der Waals surface area contributed by atoms with E-state index in [0.717, 1.165) is 35.7 Å². The number of sulfone groups is 1. The molecule has 0 spiro atoms. The first-order valence-corrected chi connectivity index (χ1v) is 17.7. The minimum Gasteiger partial charge on any atom is -0.496 e. The van der Waals surface area contributed by atoms with E-state index >= 15 is 4.39 Å². The van der Waals surface area contributed by atoms with Crippen molar-refractivity contribution in [1.82, 2.24) is 9.88 Å². The fourth-order valence-corrected chi connectivity index (χ4v) is 7.31. The number of pyridine rings is 1. The Morgan fingerprint density at radius 2 is 1.75 bits per heavy atom. The lowest BCUT2D eigenvalue weighted by Gasteiger charge is -2.35. The van der Waals surface area contributed by atoms with Crippen molar-refractivity contribution in [3.8, 4) is 5.75 Å². The number of carbonyl (C=O) groups is 3. The van der Waals surface area contributed by atoms with Gasteiger partial charge in [0.15, 0.2) is 15.9 Å². The first kappa shape index (κ1) is 38.7. The summed E-state index contributed by atoms with van der Waals surface area (Å²) in [7, 11) is -1.88. The third kappa shape index (κ3) is 7.83. The highest BCUT2D eigenvalue weighted by atomic mass is 32.2. The van der Waals surface area contributed by atoms with Gasteiger partial charge in [-0.15, -0.1) is 5.06 Å². The smallest absolute Gasteiger partial charge is 0.493 e. The normalized spacial score (nSPS) is 15.2. The second-order valence-electron chi connectivity index (χ2n) is 12.0. The summed E-state index contributed by atoms with van der Waals surface area (Å²) in [5, 5.41) is 2.49. The number of benzene rings is 3. The summed E-state index contributed by atoms with van der Waals surface area (Å²) in [6.45, 7) is 3.01. The summed E-state index contributed by atoms with van der Waals surface area (Å²) in [5.74, 6) is 2.26. The van der Waals surface area contributed by atoms with Gasteiger partial charge in [0.05, 0.1) is 42.3 Å². The second kappa shape index (κ2) is 15.2. The molecule has 4 aromatic rings. The lowest BCUT2D eigenvalue weighted by molar-refractivity contribution is -0.200. The molecular weight excluding hydrogens is 726 g/mol. The van der Waals surface area contributed by atoms with E-state index in [9.17, 15) is 36.0 Å². The van der Waals surface area contributed by atoms with Gasteiger partial charge in [0.25, 0.3) is 5.91 Å². The predicted octanol–water partition coefficient (Wildman–Crippen LogP) is 5.86. The van der Waals surface area contributed by atoms with Crippen molar-refractivity contribution in [2.45, 2.75) is 49.8 Å². The fraction of sp³-hybridized carbons (Fsp3) is 0.314. The Hall–Kier alpha value is -5.49. The van der Waals surface area contributed by atoms with Crippen LogP contribution < -0.4 is 20.7 Å². The summed E-state index contributed by atoms with van der Waals surface area (Å²) in [6.07, 6.45) is -3.39. The molecule has 2 amide bonds. The number of carbonyl (C=O) groups excluding carboxylic acids is 3. The summed E-state index contributed by atoms with van der Waals surface area (Å²) in [5.41, 5.74) is -0.0153. The highest BCUT2D eigenvalue weighted by Gasteiger charge is 2.45. The standard InChI is InChI=1S/C35H35F4N5O8S/c1-5-53(48,49)30-11-10-24(44(34(47)51-4)52-33(46)35(37,38)39)17-26(30)28-7-6-14-42(28)32(45)31(25-18-29(50-3)20(2)15-27(25)36)43(40)23-9-8-22-19-41-13-12-21(22)16-23/h8-13,15-19,28,31H,5-7,14,40H2,1-4H3/t28?,31-/m1/s1. The Kier molecular flexibility index (Phi) is 11.1. The Balaban J connectivity index is 1.66. The molecule has 0 bridgehead atoms. The molecule has 2 N–H and O–H groups in total. The van der Waals surface area contributed by atoms with Gasteiger partial charge in [-0.25, -0.2) is 28.2 Å². The molecule has 1 aliphatic heterocycles. The number of nitrogens with zero attached hydrogens (tertiary/aromatic N) is 4. The van der Waals surface area contributed by atoms with Gasteiger partial charge in [0.1, 0.15) is 11.6 Å². The molecule has 2 atom stereocenters. The number of likely N-dealkylation sites (tertiary alicyclic amines) is 1. The van der Waals surface area contributed by atoms with Crippen LogP contribution >= 0.6 is 0 Å². The van der Waals surface area contributed by atoms with Gasteiger partial charge in [-0.05, 0) is 84.8 Å². The molecule has 53 heavy (non-hydrogen) atoms. The first-order valence-electron chi connectivity index (χ1n) is 16.1. The van der Waals surface area contributed by atoms with Crippen LogP contribution in [-0.2, 0) is 29.0 Å². The van der Waals surface area contributed by atoms with Crippen molar-refractivity contribution in [3.63, 3.8) is 0 Å². The van der Waals surface area contributed by atoms with Crippen LogP contribution in [0.4, 0.5) is 33.7 Å². The van der Waals surface area contributed by atoms with Crippen molar-refractivity contribution in [2.75, 3.05) is 36.6 Å². The van der Waals surface area contributed by atoms with Crippen LogP contribution in [0.25, 0.3) is 10.8 Å². The molecule has 0 radical (unpaired) electrons. The maximum absolute atomic E-state index is 16.0. The topological polar surface area (TPSA) is 162 Å². The average molecular weight is 762 g/mol. The van der Waals surface area contributed by atoms with Crippen molar-refractivity contribution >= 4 is 50.0 Å². The number of hydroxylamine groups is 1. The molecule has 1 aromatic heterocycles. The van der Waals surface area contributed by atoms with E-state index in [1.165, 1.54) is 31.1 Å². The SMILES string of the molecule is CCS(=O)(=O)c1ccc(N(OC(=O)C(F)(F)F)C(=O)OC)cc1C1CCCN1C(=O)[C@@H](c1cc(OC)c(C)cc1F)N(N)c1ccc2cnccc2c1. The molecule has 5 rings (SSSR count). The number of aromatic nitrogens is 1. The number of rotatable bonds is 9. The maximum atomic E-state index is 16.0. The van der Waals surface area contributed by atoms with Gasteiger partial charge in [-0.2, -0.15) is 13.2 Å². The van der Waals surface area contributed by atoms with Crippen molar-refractivity contribution in [1.29, 1.82) is 0 Å². The molecule has 0 saturated carbocycles. The van der Waals surface area contributed by atoms with Crippen LogP contribution in [0.3, 0.4) is 0 Å². The Morgan fingerprint density at radius 3 is 2.42 bits per heavy atom. The number of aryl methyl sites for hydroxylation is 1. The molecule has 2 heterocycles. The van der Waals surface area contributed by atoms with Crippen molar-refractivity contribution in [3.05, 3.63) is 89.5 Å². The van der Waals surface area contributed by atoms with Gasteiger partial charge in [0, 0.05) is 29.9 Å². The van der Waals surface area contributed by atoms with E-state index in [1.54, 1.807) is 43.6 Å². The Labute approximate surface area is 301 Å². The Bertz CT molecular complexity index is 2170. The van der Waals surface area contributed by atoms with Gasteiger partial charge in [-0.3, -0.25) is 14.8 Å².